The van der Waals surface area contributed by atoms with E-state index in [4.69, 9.17) is 4.74 Å². The van der Waals surface area contributed by atoms with Crippen molar-refractivity contribution in [3.63, 3.8) is 0 Å². The van der Waals surface area contributed by atoms with Crippen LogP contribution < -0.4 is 0 Å². The third-order valence-corrected chi connectivity index (χ3v) is 3.66. The van der Waals surface area contributed by atoms with Gasteiger partial charge in [-0.25, -0.2) is 0 Å². The van der Waals surface area contributed by atoms with Gasteiger partial charge in [-0.15, -0.1) is 0 Å². The quantitative estimate of drug-likeness (QED) is 0.766. The molecule has 0 spiro atoms. The Morgan fingerprint density at radius 1 is 1.27 bits per heavy atom. The second-order valence-electron chi connectivity index (χ2n) is 4.97. The molecule has 0 amide bonds. The first-order valence-electron chi connectivity index (χ1n) is 6.33. The van der Waals surface area contributed by atoms with E-state index in [9.17, 15) is 5.11 Å². The SMILES string of the molecule is OC1COCCN(CCC2CCCC2)C1. The standard InChI is InChI=1S/C12H23NO2/c14-12-9-13(7-8-15-10-12)6-5-11-3-1-2-4-11/h11-12,14H,1-10H2. The molecule has 0 bridgehead atoms. The van der Waals surface area contributed by atoms with Crippen LogP contribution in [-0.2, 0) is 4.74 Å². The van der Waals surface area contributed by atoms with Crippen LogP contribution in [0.4, 0.5) is 0 Å². The van der Waals surface area contributed by atoms with Gasteiger partial charge in [0.15, 0.2) is 0 Å². The van der Waals surface area contributed by atoms with Crippen LogP contribution in [0.1, 0.15) is 32.1 Å². The van der Waals surface area contributed by atoms with Gasteiger partial charge in [-0.2, -0.15) is 0 Å². The molecular weight excluding hydrogens is 190 g/mol. The third-order valence-electron chi connectivity index (χ3n) is 3.66. The maximum Gasteiger partial charge on any atom is 0.0900 e. The largest absolute Gasteiger partial charge is 0.389 e. The summed E-state index contributed by atoms with van der Waals surface area (Å²) in [4.78, 5) is 2.36. The van der Waals surface area contributed by atoms with Crippen LogP contribution in [0.3, 0.4) is 0 Å². The summed E-state index contributed by atoms with van der Waals surface area (Å²) in [6, 6.07) is 0. The minimum absolute atomic E-state index is 0.281. The molecule has 0 aromatic heterocycles. The predicted molar refractivity (Wildman–Crippen MR) is 59.8 cm³/mol. The first-order valence-corrected chi connectivity index (χ1v) is 6.33. The Morgan fingerprint density at radius 3 is 2.87 bits per heavy atom. The zero-order chi connectivity index (χ0) is 10.5. The summed E-state index contributed by atoms with van der Waals surface area (Å²) in [6.07, 6.45) is 6.73. The van der Waals surface area contributed by atoms with Crippen LogP contribution in [0.5, 0.6) is 0 Å². The Kier molecular flexibility index (Phi) is 4.42. The summed E-state index contributed by atoms with van der Waals surface area (Å²) in [5, 5.41) is 9.58. The Morgan fingerprint density at radius 2 is 2.07 bits per heavy atom. The first-order chi connectivity index (χ1) is 7.34. The van der Waals surface area contributed by atoms with Crippen molar-refractivity contribution in [3.8, 4) is 0 Å². The molecular formula is C12H23NO2. The lowest BCUT2D eigenvalue weighted by molar-refractivity contribution is 0.0563. The summed E-state index contributed by atoms with van der Waals surface area (Å²) < 4.78 is 5.32. The Labute approximate surface area is 92.4 Å². The van der Waals surface area contributed by atoms with Crippen LogP contribution in [0.15, 0.2) is 0 Å². The molecule has 1 aliphatic carbocycles. The fourth-order valence-electron chi connectivity index (χ4n) is 2.72. The molecule has 3 heteroatoms. The number of β-amino-alcohol motifs (C(OH)–C–C–N with tert-alkyl or cyclic N) is 1. The van der Waals surface area contributed by atoms with Crippen molar-refractivity contribution < 1.29 is 9.84 Å². The smallest absolute Gasteiger partial charge is 0.0900 e. The number of hydrogen-bond donors (Lipinski definition) is 1. The van der Waals surface area contributed by atoms with Crippen molar-refractivity contribution in [2.75, 3.05) is 32.8 Å². The fourth-order valence-corrected chi connectivity index (χ4v) is 2.72. The fraction of sp³-hybridized carbons (Fsp3) is 1.00. The molecule has 1 heterocycles. The molecule has 15 heavy (non-hydrogen) atoms. The number of ether oxygens (including phenoxy) is 1. The van der Waals surface area contributed by atoms with Crippen molar-refractivity contribution in [2.45, 2.75) is 38.2 Å². The second-order valence-corrected chi connectivity index (χ2v) is 4.97. The molecule has 1 aliphatic heterocycles. The summed E-state index contributed by atoms with van der Waals surface area (Å²) in [6.45, 7) is 4.23. The molecule has 0 radical (unpaired) electrons. The van der Waals surface area contributed by atoms with Crippen LogP contribution in [0, 0.1) is 5.92 Å². The van der Waals surface area contributed by atoms with Gasteiger partial charge in [0.05, 0.1) is 19.3 Å². The average Bonchev–Trinajstić information content (AvgIpc) is 2.65. The van der Waals surface area contributed by atoms with E-state index in [0.29, 0.717) is 6.61 Å². The summed E-state index contributed by atoms with van der Waals surface area (Å²) in [7, 11) is 0. The molecule has 88 valence electrons. The van der Waals surface area contributed by atoms with Gasteiger partial charge >= 0.3 is 0 Å². The lowest BCUT2D eigenvalue weighted by Gasteiger charge is -2.22. The monoisotopic (exact) mass is 213 g/mol. The van der Waals surface area contributed by atoms with E-state index < -0.39 is 0 Å². The summed E-state index contributed by atoms with van der Waals surface area (Å²) in [5.41, 5.74) is 0. The van der Waals surface area contributed by atoms with Crippen molar-refractivity contribution in [1.82, 2.24) is 4.90 Å². The topological polar surface area (TPSA) is 32.7 Å². The highest BCUT2D eigenvalue weighted by molar-refractivity contribution is 4.72. The van der Waals surface area contributed by atoms with Crippen molar-refractivity contribution in [2.24, 2.45) is 5.92 Å². The molecule has 1 atom stereocenters. The van der Waals surface area contributed by atoms with Gasteiger partial charge in [-0.1, -0.05) is 25.7 Å². The maximum absolute atomic E-state index is 9.58. The van der Waals surface area contributed by atoms with Crippen LogP contribution >= 0.6 is 0 Å². The molecule has 1 saturated heterocycles. The van der Waals surface area contributed by atoms with Gasteiger partial charge in [-0.3, -0.25) is 4.90 Å². The Hall–Kier alpha value is -0.120. The highest BCUT2D eigenvalue weighted by Gasteiger charge is 2.19. The van der Waals surface area contributed by atoms with Gasteiger partial charge < -0.3 is 9.84 Å². The van der Waals surface area contributed by atoms with E-state index >= 15 is 0 Å². The Balaban J connectivity index is 1.67. The van der Waals surface area contributed by atoms with Gasteiger partial charge in [0, 0.05) is 13.1 Å². The van der Waals surface area contributed by atoms with Crippen LogP contribution in [-0.4, -0.2) is 49.0 Å². The van der Waals surface area contributed by atoms with E-state index in [-0.39, 0.29) is 6.10 Å². The zero-order valence-corrected chi connectivity index (χ0v) is 9.53. The number of rotatable bonds is 3. The molecule has 0 aromatic carbocycles. The van der Waals surface area contributed by atoms with Crippen LogP contribution in [0.2, 0.25) is 0 Å². The van der Waals surface area contributed by atoms with E-state index in [0.717, 1.165) is 32.2 Å². The van der Waals surface area contributed by atoms with Gasteiger partial charge in [0.2, 0.25) is 0 Å². The van der Waals surface area contributed by atoms with E-state index in [1.54, 1.807) is 0 Å². The third kappa shape index (κ3) is 3.74. The number of aliphatic hydroxyl groups excluding tert-OH is 1. The highest BCUT2D eigenvalue weighted by atomic mass is 16.5. The number of aliphatic hydroxyl groups is 1. The molecule has 3 nitrogen and oxygen atoms in total. The molecule has 1 N–H and O–H groups in total. The average molecular weight is 213 g/mol. The molecule has 2 aliphatic rings. The molecule has 0 aromatic rings. The minimum atomic E-state index is -0.281. The summed E-state index contributed by atoms with van der Waals surface area (Å²) in [5.74, 6) is 0.950. The first kappa shape index (κ1) is 11.4. The van der Waals surface area contributed by atoms with Crippen molar-refractivity contribution in [3.05, 3.63) is 0 Å². The van der Waals surface area contributed by atoms with E-state index in [1.165, 1.54) is 32.1 Å². The number of hydrogen-bond acceptors (Lipinski definition) is 3. The van der Waals surface area contributed by atoms with E-state index in [2.05, 4.69) is 4.90 Å². The zero-order valence-electron chi connectivity index (χ0n) is 9.53. The normalized spacial score (nSPS) is 30.6. The molecule has 1 saturated carbocycles. The summed E-state index contributed by atoms with van der Waals surface area (Å²) >= 11 is 0. The Bertz CT molecular complexity index is 180. The lowest BCUT2D eigenvalue weighted by Crippen LogP contribution is -2.34. The highest BCUT2D eigenvalue weighted by Crippen LogP contribution is 2.27. The van der Waals surface area contributed by atoms with Gasteiger partial charge in [0.25, 0.3) is 0 Å². The molecule has 2 fully saturated rings. The van der Waals surface area contributed by atoms with E-state index in [1.807, 2.05) is 0 Å². The van der Waals surface area contributed by atoms with Crippen molar-refractivity contribution in [1.29, 1.82) is 0 Å². The minimum Gasteiger partial charge on any atom is -0.389 e. The molecule has 2 rings (SSSR count). The van der Waals surface area contributed by atoms with Crippen LogP contribution in [0.25, 0.3) is 0 Å². The van der Waals surface area contributed by atoms with Crippen molar-refractivity contribution >= 4 is 0 Å². The predicted octanol–water partition coefficient (Wildman–Crippen LogP) is 1.26. The molecule has 1 unspecified atom stereocenters. The van der Waals surface area contributed by atoms with Gasteiger partial charge in [-0.05, 0) is 18.9 Å². The maximum atomic E-state index is 9.58. The van der Waals surface area contributed by atoms with Gasteiger partial charge in [0.1, 0.15) is 0 Å². The number of nitrogens with zero attached hydrogens (tertiary/aromatic N) is 1. The second kappa shape index (κ2) is 5.83. The lowest BCUT2D eigenvalue weighted by atomic mass is 10.0.